The molecule has 5 aromatic rings. The Morgan fingerprint density at radius 1 is 0.933 bits per heavy atom. The number of ether oxygens (including phenoxy) is 1. The van der Waals surface area contributed by atoms with Crippen molar-refractivity contribution in [3.8, 4) is 11.4 Å². The maximum Gasteiger partial charge on any atom is 0.350 e. The number of piperazine rings is 1. The Balaban J connectivity index is 1.12. The summed E-state index contributed by atoms with van der Waals surface area (Å²) in [6.45, 7) is 4.67. The summed E-state index contributed by atoms with van der Waals surface area (Å²) >= 11 is 0. The van der Waals surface area contributed by atoms with Crippen molar-refractivity contribution in [3.05, 3.63) is 119 Å². The SMILES string of the molecule is COc1ccc(Cn2ncn(-c3ccc(N4CCN([C@H](C)[C@](O)(Cn5cncn5)c5ccc(F)cc5F)CC4)cc3)c2=O)cc1. The van der Waals surface area contributed by atoms with Gasteiger partial charge in [0.05, 0.1) is 25.9 Å². The molecule has 0 amide bonds. The minimum atomic E-state index is -1.69. The average molecular weight is 617 g/mol. The molecule has 1 N–H and O–H groups in total. The lowest BCUT2D eigenvalue weighted by Crippen LogP contribution is -2.57. The highest BCUT2D eigenvalue weighted by atomic mass is 19.1. The van der Waals surface area contributed by atoms with E-state index in [0.717, 1.165) is 29.1 Å². The number of benzene rings is 3. The fourth-order valence-electron chi connectivity index (χ4n) is 5.86. The summed E-state index contributed by atoms with van der Waals surface area (Å²) in [4.78, 5) is 21.3. The molecule has 0 radical (unpaired) electrons. The van der Waals surface area contributed by atoms with E-state index in [1.54, 1.807) is 7.11 Å². The highest BCUT2D eigenvalue weighted by Gasteiger charge is 2.42. The van der Waals surface area contributed by atoms with Gasteiger partial charge < -0.3 is 14.7 Å². The second-order valence-electron chi connectivity index (χ2n) is 11.1. The van der Waals surface area contributed by atoms with Crippen LogP contribution in [-0.2, 0) is 18.7 Å². The quantitative estimate of drug-likeness (QED) is 0.255. The number of rotatable bonds is 10. The van der Waals surface area contributed by atoms with E-state index in [-0.39, 0.29) is 17.8 Å². The molecule has 11 nitrogen and oxygen atoms in total. The molecule has 0 saturated carbocycles. The van der Waals surface area contributed by atoms with E-state index in [4.69, 9.17) is 4.74 Å². The van der Waals surface area contributed by atoms with Crippen LogP contribution in [-0.4, -0.2) is 78.4 Å². The second kappa shape index (κ2) is 12.6. The summed E-state index contributed by atoms with van der Waals surface area (Å²) < 4.78 is 38.3. The molecule has 3 aromatic carbocycles. The lowest BCUT2D eigenvalue weighted by molar-refractivity contribution is -0.0650. The molecule has 234 valence electrons. The van der Waals surface area contributed by atoms with Crippen molar-refractivity contribution >= 4 is 5.69 Å². The van der Waals surface area contributed by atoms with Crippen LogP contribution in [0.3, 0.4) is 0 Å². The first-order chi connectivity index (χ1) is 21.7. The Morgan fingerprint density at radius 3 is 2.29 bits per heavy atom. The van der Waals surface area contributed by atoms with Crippen molar-refractivity contribution in [2.45, 2.75) is 31.7 Å². The van der Waals surface area contributed by atoms with Crippen LogP contribution in [0, 0.1) is 11.6 Å². The van der Waals surface area contributed by atoms with Gasteiger partial charge in [0, 0.05) is 49.5 Å². The third kappa shape index (κ3) is 6.22. The third-order valence-electron chi connectivity index (χ3n) is 8.54. The molecule has 1 aliphatic rings. The molecule has 6 rings (SSSR count). The minimum absolute atomic E-state index is 0.00693. The zero-order valence-electron chi connectivity index (χ0n) is 25.0. The van der Waals surface area contributed by atoms with Crippen LogP contribution < -0.4 is 15.3 Å². The Bertz CT molecular complexity index is 1780. The Morgan fingerprint density at radius 2 is 1.64 bits per heavy atom. The van der Waals surface area contributed by atoms with E-state index in [1.165, 1.54) is 39.0 Å². The van der Waals surface area contributed by atoms with E-state index in [1.807, 2.05) is 55.5 Å². The van der Waals surface area contributed by atoms with Crippen LogP contribution in [0.1, 0.15) is 18.1 Å². The molecule has 0 aliphatic carbocycles. The van der Waals surface area contributed by atoms with Crippen molar-refractivity contribution in [1.29, 1.82) is 0 Å². The highest BCUT2D eigenvalue weighted by Crippen LogP contribution is 2.33. The standard InChI is InChI=1S/C32H34F2N8O3/c1-23(32(44,19-40-21-35-20-36-40)29-12-5-25(33)17-30(29)34)38-13-15-39(16-14-38)26-6-8-27(9-7-26)41-22-37-42(31(41)43)18-24-3-10-28(45-2)11-4-24/h3-12,17,20-23,44H,13-16,18-19H2,1-2H3/t23-,32-/m1/s1. The van der Waals surface area contributed by atoms with Gasteiger partial charge in [-0.05, 0) is 55.0 Å². The number of methoxy groups -OCH3 is 1. The van der Waals surface area contributed by atoms with Gasteiger partial charge in [0.1, 0.15) is 42.0 Å². The first-order valence-electron chi connectivity index (χ1n) is 14.6. The number of aliphatic hydroxyl groups is 1. The lowest BCUT2D eigenvalue weighted by Gasteiger charge is -2.45. The fourth-order valence-corrected chi connectivity index (χ4v) is 5.86. The normalized spacial score (nSPS) is 16.0. The molecule has 0 spiro atoms. The molecular weight excluding hydrogens is 582 g/mol. The van der Waals surface area contributed by atoms with Crippen LogP contribution in [0.2, 0.25) is 0 Å². The van der Waals surface area contributed by atoms with Gasteiger partial charge in [0.2, 0.25) is 0 Å². The van der Waals surface area contributed by atoms with Gasteiger partial charge >= 0.3 is 5.69 Å². The van der Waals surface area contributed by atoms with Gasteiger partial charge in [-0.2, -0.15) is 10.2 Å². The molecule has 1 fully saturated rings. The third-order valence-corrected chi connectivity index (χ3v) is 8.54. The highest BCUT2D eigenvalue weighted by molar-refractivity contribution is 5.51. The van der Waals surface area contributed by atoms with E-state index >= 15 is 0 Å². The Kier molecular flexibility index (Phi) is 8.46. The van der Waals surface area contributed by atoms with E-state index in [9.17, 15) is 18.7 Å². The maximum absolute atomic E-state index is 15.0. The summed E-state index contributed by atoms with van der Waals surface area (Å²) in [6.07, 6.45) is 4.33. The van der Waals surface area contributed by atoms with E-state index < -0.39 is 23.3 Å². The topological polar surface area (TPSA) is 106 Å². The van der Waals surface area contributed by atoms with Gasteiger partial charge in [-0.1, -0.05) is 18.2 Å². The summed E-state index contributed by atoms with van der Waals surface area (Å²) in [6, 6.07) is 17.9. The van der Waals surface area contributed by atoms with Gasteiger partial charge in [0.25, 0.3) is 0 Å². The number of hydrogen-bond donors (Lipinski definition) is 1. The number of anilines is 1. The van der Waals surface area contributed by atoms with Crippen LogP contribution in [0.4, 0.5) is 14.5 Å². The van der Waals surface area contributed by atoms with Crippen LogP contribution in [0.15, 0.2) is 90.5 Å². The van der Waals surface area contributed by atoms with E-state index in [2.05, 4.69) is 25.0 Å². The smallest absolute Gasteiger partial charge is 0.350 e. The number of nitrogens with zero attached hydrogens (tertiary/aromatic N) is 8. The van der Waals surface area contributed by atoms with E-state index in [0.29, 0.717) is 38.4 Å². The van der Waals surface area contributed by atoms with Crippen LogP contribution >= 0.6 is 0 Å². The van der Waals surface area contributed by atoms with Crippen molar-refractivity contribution in [2.75, 3.05) is 38.2 Å². The van der Waals surface area contributed by atoms with Gasteiger partial charge in [-0.15, -0.1) is 0 Å². The fraction of sp³-hybridized carbons (Fsp3) is 0.312. The molecular formula is C32H34F2N8O3. The van der Waals surface area contributed by atoms with Crippen LogP contribution in [0.25, 0.3) is 5.69 Å². The second-order valence-corrected chi connectivity index (χ2v) is 11.1. The van der Waals surface area contributed by atoms with Gasteiger partial charge in [-0.3, -0.25) is 4.90 Å². The zero-order chi connectivity index (χ0) is 31.6. The zero-order valence-corrected chi connectivity index (χ0v) is 25.0. The average Bonchev–Trinajstić information content (AvgIpc) is 3.70. The van der Waals surface area contributed by atoms with Crippen LogP contribution in [0.5, 0.6) is 5.75 Å². The molecule has 45 heavy (non-hydrogen) atoms. The molecule has 0 bridgehead atoms. The summed E-state index contributed by atoms with van der Waals surface area (Å²) in [5.41, 5.74) is 0.709. The summed E-state index contributed by atoms with van der Waals surface area (Å²) in [5, 5.41) is 20.3. The predicted molar refractivity (Wildman–Crippen MR) is 163 cm³/mol. The van der Waals surface area contributed by atoms with Gasteiger partial charge in [0.15, 0.2) is 0 Å². The molecule has 1 aliphatic heterocycles. The monoisotopic (exact) mass is 616 g/mol. The Hall–Kier alpha value is -4.88. The lowest BCUT2D eigenvalue weighted by atomic mass is 9.85. The molecule has 3 heterocycles. The van der Waals surface area contributed by atoms with Crippen molar-refractivity contribution < 1.29 is 18.6 Å². The number of halogens is 2. The molecule has 2 atom stereocenters. The first kappa shape index (κ1) is 30.2. The number of hydrogen-bond acceptors (Lipinski definition) is 8. The van der Waals surface area contributed by atoms with Crippen molar-refractivity contribution in [3.63, 3.8) is 0 Å². The molecule has 0 unspecified atom stereocenters. The van der Waals surface area contributed by atoms with Crippen molar-refractivity contribution in [2.24, 2.45) is 0 Å². The van der Waals surface area contributed by atoms with Gasteiger partial charge in [-0.25, -0.2) is 32.5 Å². The summed E-state index contributed by atoms with van der Waals surface area (Å²) in [5.74, 6) is -0.773. The largest absolute Gasteiger partial charge is 0.497 e. The minimum Gasteiger partial charge on any atom is -0.497 e. The predicted octanol–water partition coefficient (Wildman–Crippen LogP) is 3.06. The number of aromatic nitrogens is 6. The molecule has 13 heteroatoms. The summed E-state index contributed by atoms with van der Waals surface area (Å²) in [7, 11) is 1.61. The molecule has 1 saturated heterocycles. The Labute approximate surface area is 258 Å². The molecule has 2 aromatic heterocycles. The maximum atomic E-state index is 15.0. The first-order valence-corrected chi connectivity index (χ1v) is 14.6. The van der Waals surface area contributed by atoms with Crippen molar-refractivity contribution in [1.82, 2.24) is 34.0 Å².